The number of anilines is 2. The Labute approximate surface area is 125 Å². The minimum absolute atomic E-state index is 0.0593. The Hall–Kier alpha value is -1.56. The van der Waals surface area contributed by atoms with Crippen molar-refractivity contribution in [1.82, 2.24) is 0 Å². The van der Waals surface area contributed by atoms with Gasteiger partial charge in [-0.25, -0.2) is 0 Å². The van der Waals surface area contributed by atoms with Crippen molar-refractivity contribution in [2.75, 3.05) is 17.2 Å². The van der Waals surface area contributed by atoms with E-state index in [1.807, 2.05) is 42.5 Å². The van der Waals surface area contributed by atoms with Crippen molar-refractivity contribution in [3.05, 3.63) is 57.2 Å². The standard InChI is InChI=1S/C15H13IN2O/c16-13-4-2-1-3-12(13)15(19)18-11-5-6-14-10(9-11)7-8-17-14/h1-6,9,17H,7-8H2,(H,18,19). The number of hydrogen-bond acceptors (Lipinski definition) is 2. The second-order valence-electron chi connectivity index (χ2n) is 4.48. The molecule has 4 heteroatoms. The zero-order valence-corrected chi connectivity index (χ0v) is 12.4. The van der Waals surface area contributed by atoms with E-state index in [-0.39, 0.29) is 5.91 Å². The largest absolute Gasteiger partial charge is 0.384 e. The number of nitrogens with one attached hydrogen (secondary N) is 2. The molecule has 0 unspecified atom stereocenters. The molecule has 1 heterocycles. The molecule has 0 aromatic heterocycles. The van der Waals surface area contributed by atoms with Crippen LogP contribution in [0.15, 0.2) is 42.5 Å². The number of amides is 1. The van der Waals surface area contributed by atoms with Gasteiger partial charge in [0.2, 0.25) is 0 Å². The van der Waals surface area contributed by atoms with Crippen LogP contribution < -0.4 is 10.6 Å². The minimum atomic E-state index is -0.0593. The maximum absolute atomic E-state index is 12.2. The van der Waals surface area contributed by atoms with Crippen molar-refractivity contribution >= 4 is 39.9 Å². The Balaban J connectivity index is 1.82. The molecule has 0 spiro atoms. The van der Waals surface area contributed by atoms with Gasteiger partial charge in [-0.05, 0) is 64.9 Å². The first kappa shape index (κ1) is 12.5. The van der Waals surface area contributed by atoms with E-state index in [9.17, 15) is 4.79 Å². The first-order chi connectivity index (χ1) is 9.24. The molecule has 2 N–H and O–H groups in total. The lowest BCUT2D eigenvalue weighted by Gasteiger charge is -2.08. The topological polar surface area (TPSA) is 41.1 Å². The molecule has 1 amide bonds. The second-order valence-corrected chi connectivity index (χ2v) is 5.64. The van der Waals surface area contributed by atoms with Gasteiger partial charge in [-0.1, -0.05) is 12.1 Å². The van der Waals surface area contributed by atoms with Gasteiger partial charge in [-0.2, -0.15) is 0 Å². The van der Waals surface area contributed by atoms with Crippen LogP contribution in [0.3, 0.4) is 0 Å². The normalized spacial score (nSPS) is 12.7. The summed E-state index contributed by atoms with van der Waals surface area (Å²) in [4.78, 5) is 12.2. The Kier molecular flexibility index (Phi) is 3.42. The van der Waals surface area contributed by atoms with Crippen LogP contribution >= 0.6 is 22.6 Å². The average molecular weight is 364 g/mol. The van der Waals surface area contributed by atoms with Crippen molar-refractivity contribution in [1.29, 1.82) is 0 Å². The maximum Gasteiger partial charge on any atom is 0.256 e. The van der Waals surface area contributed by atoms with Crippen LogP contribution in [0.2, 0.25) is 0 Å². The molecule has 0 aliphatic carbocycles. The highest BCUT2D eigenvalue weighted by Gasteiger charge is 2.13. The second kappa shape index (κ2) is 5.21. The van der Waals surface area contributed by atoms with Crippen molar-refractivity contribution in [3.8, 4) is 0 Å². The Morgan fingerprint density at radius 1 is 1.21 bits per heavy atom. The molecule has 1 aliphatic rings. The van der Waals surface area contributed by atoms with Gasteiger partial charge in [0.1, 0.15) is 0 Å². The molecule has 3 rings (SSSR count). The van der Waals surface area contributed by atoms with Crippen LogP contribution in [0.4, 0.5) is 11.4 Å². The molecule has 2 aromatic rings. The van der Waals surface area contributed by atoms with E-state index in [1.54, 1.807) is 0 Å². The summed E-state index contributed by atoms with van der Waals surface area (Å²) >= 11 is 2.18. The fraction of sp³-hybridized carbons (Fsp3) is 0.133. The van der Waals surface area contributed by atoms with Crippen LogP contribution in [-0.4, -0.2) is 12.5 Å². The van der Waals surface area contributed by atoms with Crippen molar-refractivity contribution in [3.63, 3.8) is 0 Å². The third-order valence-electron chi connectivity index (χ3n) is 3.19. The number of benzene rings is 2. The van der Waals surface area contributed by atoms with Crippen molar-refractivity contribution in [2.45, 2.75) is 6.42 Å². The van der Waals surface area contributed by atoms with E-state index in [0.717, 1.165) is 22.2 Å². The Morgan fingerprint density at radius 3 is 2.89 bits per heavy atom. The molecular formula is C15H13IN2O. The molecule has 0 radical (unpaired) electrons. The number of hydrogen-bond donors (Lipinski definition) is 2. The summed E-state index contributed by atoms with van der Waals surface area (Å²) in [5.74, 6) is -0.0593. The third-order valence-corrected chi connectivity index (χ3v) is 4.13. The van der Waals surface area contributed by atoms with E-state index in [2.05, 4.69) is 33.2 Å². The molecule has 0 fully saturated rings. The number of carbonyl (C=O) groups excluding carboxylic acids is 1. The highest BCUT2D eigenvalue weighted by Crippen LogP contribution is 2.25. The lowest BCUT2D eigenvalue weighted by molar-refractivity contribution is 0.102. The van der Waals surface area contributed by atoms with Gasteiger partial charge < -0.3 is 10.6 Å². The molecule has 0 saturated carbocycles. The maximum atomic E-state index is 12.2. The summed E-state index contributed by atoms with van der Waals surface area (Å²) in [5, 5.41) is 6.26. The van der Waals surface area contributed by atoms with E-state index >= 15 is 0 Å². The molecular weight excluding hydrogens is 351 g/mol. The van der Waals surface area contributed by atoms with Gasteiger partial charge in [-0.15, -0.1) is 0 Å². The van der Waals surface area contributed by atoms with E-state index in [4.69, 9.17) is 0 Å². The Bertz CT molecular complexity index is 640. The van der Waals surface area contributed by atoms with E-state index in [1.165, 1.54) is 11.3 Å². The summed E-state index contributed by atoms with van der Waals surface area (Å²) in [7, 11) is 0. The first-order valence-electron chi connectivity index (χ1n) is 6.17. The average Bonchev–Trinajstić information content (AvgIpc) is 2.86. The van der Waals surface area contributed by atoms with Crippen LogP contribution in [0.5, 0.6) is 0 Å². The third kappa shape index (κ3) is 2.58. The van der Waals surface area contributed by atoms with Gasteiger partial charge in [0, 0.05) is 21.5 Å². The zero-order valence-electron chi connectivity index (χ0n) is 10.2. The van der Waals surface area contributed by atoms with Crippen LogP contribution in [0, 0.1) is 3.57 Å². The Morgan fingerprint density at radius 2 is 2.05 bits per heavy atom. The molecule has 2 aromatic carbocycles. The smallest absolute Gasteiger partial charge is 0.256 e. The fourth-order valence-electron chi connectivity index (χ4n) is 2.23. The van der Waals surface area contributed by atoms with Gasteiger partial charge in [0.05, 0.1) is 5.56 Å². The van der Waals surface area contributed by atoms with Gasteiger partial charge in [-0.3, -0.25) is 4.79 Å². The molecule has 19 heavy (non-hydrogen) atoms. The highest BCUT2D eigenvalue weighted by molar-refractivity contribution is 14.1. The fourth-order valence-corrected chi connectivity index (χ4v) is 2.86. The molecule has 1 aliphatic heterocycles. The monoisotopic (exact) mass is 364 g/mol. The summed E-state index contributed by atoms with van der Waals surface area (Å²) in [5.41, 5.74) is 4.00. The van der Waals surface area contributed by atoms with E-state index < -0.39 is 0 Å². The van der Waals surface area contributed by atoms with Crippen LogP contribution in [0.25, 0.3) is 0 Å². The number of fused-ring (bicyclic) bond motifs is 1. The molecule has 0 bridgehead atoms. The quantitative estimate of drug-likeness (QED) is 0.801. The van der Waals surface area contributed by atoms with Gasteiger partial charge in [0.25, 0.3) is 5.91 Å². The minimum Gasteiger partial charge on any atom is -0.384 e. The molecule has 0 saturated heterocycles. The molecule has 3 nitrogen and oxygen atoms in total. The van der Waals surface area contributed by atoms with Gasteiger partial charge >= 0.3 is 0 Å². The van der Waals surface area contributed by atoms with Gasteiger partial charge in [0.15, 0.2) is 0 Å². The summed E-state index contributed by atoms with van der Waals surface area (Å²) in [6.45, 7) is 0.976. The predicted molar refractivity (Wildman–Crippen MR) is 85.7 cm³/mol. The predicted octanol–water partition coefficient (Wildman–Crippen LogP) is 3.51. The van der Waals surface area contributed by atoms with Crippen LogP contribution in [0.1, 0.15) is 15.9 Å². The first-order valence-corrected chi connectivity index (χ1v) is 7.24. The number of halogens is 1. The SMILES string of the molecule is O=C(Nc1ccc2c(c1)CCN2)c1ccccc1I. The molecule has 0 atom stereocenters. The number of carbonyl (C=O) groups is 1. The summed E-state index contributed by atoms with van der Waals surface area (Å²) in [6, 6.07) is 13.6. The zero-order chi connectivity index (χ0) is 13.2. The lowest BCUT2D eigenvalue weighted by atomic mass is 10.1. The summed E-state index contributed by atoms with van der Waals surface area (Å²) < 4.78 is 0.959. The highest BCUT2D eigenvalue weighted by atomic mass is 127. The van der Waals surface area contributed by atoms with Crippen molar-refractivity contribution in [2.24, 2.45) is 0 Å². The summed E-state index contributed by atoms with van der Waals surface area (Å²) in [6.07, 6.45) is 1.02. The van der Waals surface area contributed by atoms with Crippen molar-refractivity contribution < 1.29 is 4.79 Å². The lowest BCUT2D eigenvalue weighted by Crippen LogP contribution is -2.13. The van der Waals surface area contributed by atoms with Crippen LogP contribution in [-0.2, 0) is 6.42 Å². The van der Waals surface area contributed by atoms with E-state index in [0.29, 0.717) is 5.56 Å². The number of rotatable bonds is 2. The molecule has 96 valence electrons.